The van der Waals surface area contributed by atoms with Crippen LogP contribution >= 0.6 is 0 Å². The molecule has 1 heterocycles. The number of methoxy groups -OCH3 is 1. The number of oxime groups is 1. The number of hydrogen-bond donors (Lipinski definition) is 1. The number of likely N-dealkylation sites (tertiary alicyclic amines) is 1. The van der Waals surface area contributed by atoms with Crippen LogP contribution in [0.3, 0.4) is 0 Å². The smallest absolute Gasteiger partial charge is 0.131 e. The van der Waals surface area contributed by atoms with Gasteiger partial charge in [0, 0.05) is 18.2 Å². The van der Waals surface area contributed by atoms with Crippen molar-refractivity contribution in [3.05, 3.63) is 23.8 Å². The lowest BCUT2D eigenvalue weighted by Gasteiger charge is -2.16. The first kappa shape index (κ1) is 13.7. The van der Waals surface area contributed by atoms with E-state index in [4.69, 9.17) is 14.7 Å². The summed E-state index contributed by atoms with van der Waals surface area (Å²) in [5.74, 6) is 1.41. The molecule has 1 aromatic rings. The van der Waals surface area contributed by atoms with Crippen LogP contribution in [0.5, 0.6) is 11.5 Å². The predicted molar refractivity (Wildman–Crippen MR) is 73.5 cm³/mol. The Kier molecular flexibility index (Phi) is 5.03. The normalized spacial score (nSPS) is 16.1. The van der Waals surface area contributed by atoms with Crippen molar-refractivity contribution < 1.29 is 14.7 Å². The molecule has 104 valence electrons. The first-order chi connectivity index (χ1) is 9.33. The van der Waals surface area contributed by atoms with Gasteiger partial charge in [-0.3, -0.25) is 4.90 Å². The van der Waals surface area contributed by atoms with Crippen molar-refractivity contribution in [1.29, 1.82) is 0 Å². The molecular weight excluding hydrogens is 244 g/mol. The van der Waals surface area contributed by atoms with Crippen molar-refractivity contribution in [2.45, 2.75) is 12.8 Å². The van der Waals surface area contributed by atoms with Gasteiger partial charge in [-0.15, -0.1) is 0 Å². The molecule has 0 aromatic heterocycles. The highest BCUT2D eigenvalue weighted by molar-refractivity contribution is 5.83. The van der Waals surface area contributed by atoms with Gasteiger partial charge in [0.25, 0.3) is 0 Å². The van der Waals surface area contributed by atoms with Gasteiger partial charge in [-0.25, -0.2) is 0 Å². The Labute approximate surface area is 113 Å². The molecule has 1 N–H and O–H groups in total. The highest BCUT2D eigenvalue weighted by Gasteiger charge is 2.11. The summed E-state index contributed by atoms with van der Waals surface area (Å²) >= 11 is 0. The Hall–Kier alpha value is -1.75. The average molecular weight is 264 g/mol. The maximum Gasteiger partial charge on any atom is 0.131 e. The van der Waals surface area contributed by atoms with Gasteiger partial charge in [-0.1, -0.05) is 5.16 Å². The number of hydrogen-bond acceptors (Lipinski definition) is 5. The zero-order chi connectivity index (χ0) is 13.5. The standard InChI is InChI=1S/C14H20N2O3/c1-18-13-5-4-12(11-15-17)14(10-13)19-9-8-16-6-2-3-7-16/h4-5,10-11,17H,2-3,6-9H2,1H3. The molecule has 1 fully saturated rings. The van der Waals surface area contributed by atoms with Crippen molar-refractivity contribution in [2.24, 2.45) is 5.16 Å². The van der Waals surface area contributed by atoms with Crippen molar-refractivity contribution in [3.63, 3.8) is 0 Å². The second-order valence-electron chi connectivity index (χ2n) is 4.55. The fraction of sp³-hybridized carbons (Fsp3) is 0.500. The van der Waals surface area contributed by atoms with Crippen LogP contribution in [0.2, 0.25) is 0 Å². The maximum absolute atomic E-state index is 8.64. The van der Waals surface area contributed by atoms with E-state index in [1.807, 2.05) is 12.1 Å². The molecule has 19 heavy (non-hydrogen) atoms. The van der Waals surface area contributed by atoms with E-state index < -0.39 is 0 Å². The Morgan fingerprint density at radius 2 is 2.16 bits per heavy atom. The summed E-state index contributed by atoms with van der Waals surface area (Å²) < 4.78 is 10.9. The molecule has 1 aromatic carbocycles. The third kappa shape index (κ3) is 3.86. The summed E-state index contributed by atoms with van der Waals surface area (Å²) in [6.07, 6.45) is 3.92. The van der Waals surface area contributed by atoms with E-state index in [1.54, 1.807) is 13.2 Å². The lowest BCUT2D eigenvalue weighted by atomic mass is 10.2. The largest absolute Gasteiger partial charge is 0.497 e. The van der Waals surface area contributed by atoms with Gasteiger partial charge in [0.2, 0.25) is 0 Å². The van der Waals surface area contributed by atoms with E-state index >= 15 is 0 Å². The molecule has 0 bridgehead atoms. The van der Waals surface area contributed by atoms with E-state index in [9.17, 15) is 0 Å². The minimum absolute atomic E-state index is 0.624. The van der Waals surface area contributed by atoms with Gasteiger partial charge in [0.1, 0.15) is 18.1 Å². The summed E-state index contributed by atoms with van der Waals surface area (Å²) in [6, 6.07) is 5.43. The molecule has 5 nitrogen and oxygen atoms in total. The topological polar surface area (TPSA) is 54.3 Å². The monoisotopic (exact) mass is 264 g/mol. The van der Waals surface area contributed by atoms with Gasteiger partial charge in [-0.05, 0) is 38.1 Å². The first-order valence-corrected chi connectivity index (χ1v) is 6.54. The Bertz CT molecular complexity index is 429. The molecule has 5 heteroatoms. The van der Waals surface area contributed by atoms with Crippen molar-refractivity contribution >= 4 is 6.21 Å². The maximum atomic E-state index is 8.64. The lowest BCUT2D eigenvalue weighted by molar-refractivity contribution is 0.237. The molecule has 1 aliphatic heterocycles. The van der Waals surface area contributed by atoms with Gasteiger partial charge in [0.15, 0.2) is 0 Å². The third-order valence-electron chi connectivity index (χ3n) is 3.28. The van der Waals surface area contributed by atoms with Gasteiger partial charge < -0.3 is 14.7 Å². The van der Waals surface area contributed by atoms with E-state index in [-0.39, 0.29) is 0 Å². The molecule has 0 unspecified atom stereocenters. The molecular formula is C14H20N2O3. The van der Waals surface area contributed by atoms with Crippen LogP contribution in [-0.2, 0) is 0 Å². The molecule has 0 spiro atoms. The van der Waals surface area contributed by atoms with Gasteiger partial charge in [-0.2, -0.15) is 0 Å². The van der Waals surface area contributed by atoms with Crippen LogP contribution in [-0.4, -0.2) is 49.7 Å². The third-order valence-corrected chi connectivity index (χ3v) is 3.28. The highest BCUT2D eigenvalue weighted by Crippen LogP contribution is 2.23. The minimum Gasteiger partial charge on any atom is -0.497 e. The SMILES string of the molecule is COc1ccc(C=NO)c(OCCN2CCCC2)c1. The summed E-state index contributed by atoms with van der Waals surface area (Å²) in [5, 5.41) is 11.7. The summed E-state index contributed by atoms with van der Waals surface area (Å²) in [5.41, 5.74) is 0.740. The molecule has 0 atom stereocenters. The number of ether oxygens (including phenoxy) is 2. The van der Waals surface area contributed by atoms with Crippen LogP contribution < -0.4 is 9.47 Å². The van der Waals surface area contributed by atoms with E-state index in [1.165, 1.54) is 19.1 Å². The zero-order valence-electron chi connectivity index (χ0n) is 11.2. The fourth-order valence-electron chi connectivity index (χ4n) is 2.23. The summed E-state index contributed by atoms with van der Waals surface area (Å²) in [4.78, 5) is 2.39. The number of benzene rings is 1. The van der Waals surface area contributed by atoms with Crippen LogP contribution in [0, 0.1) is 0 Å². The van der Waals surface area contributed by atoms with Crippen LogP contribution in [0.1, 0.15) is 18.4 Å². The number of nitrogens with zero attached hydrogens (tertiary/aromatic N) is 2. The van der Waals surface area contributed by atoms with Crippen LogP contribution in [0.25, 0.3) is 0 Å². The zero-order valence-corrected chi connectivity index (χ0v) is 11.2. The van der Waals surface area contributed by atoms with Crippen molar-refractivity contribution in [3.8, 4) is 11.5 Å². The van der Waals surface area contributed by atoms with Gasteiger partial charge in [0.05, 0.1) is 13.3 Å². The molecule has 1 aliphatic rings. The number of rotatable bonds is 6. The molecule has 1 saturated heterocycles. The van der Waals surface area contributed by atoms with Crippen LogP contribution in [0.15, 0.2) is 23.4 Å². The molecule has 0 aliphatic carbocycles. The van der Waals surface area contributed by atoms with Crippen molar-refractivity contribution in [2.75, 3.05) is 33.4 Å². The van der Waals surface area contributed by atoms with E-state index in [2.05, 4.69) is 10.1 Å². The fourth-order valence-corrected chi connectivity index (χ4v) is 2.23. The molecule has 0 radical (unpaired) electrons. The Morgan fingerprint density at radius 1 is 1.37 bits per heavy atom. The minimum atomic E-state index is 0.624. The second-order valence-corrected chi connectivity index (χ2v) is 4.55. The van der Waals surface area contributed by atoms with E-state index in [0.717, 1.165) is 30.9 Å². The lowest BCUT2D eigenvalue weighted by Crippen LogP contribution is -2.25. The molecule has 2 rings (SSSR count). The van der Waals surface area contributed by atoms with E-state index in [0.29, 0.717) is 12.4 Å². The van der Waals surface area contributed by atoms with Crippen LogP contribution in [0.4, 0.5) is 0 Å². The Morgan fingerprint density at radius 3 is 2.84 bits per heavy atom. The highest BCUT2D eigenvalue weighted by atomic mass is 16.5. The second kappa shape index (κ2) is 6.99. The summed E-state index contributed by atoms with van der Waals surface area (Å²) in [7, 11) is 1.61. The Balaban J connectivity index is 1.95. The van der Waals surface area contributed by atoms with Crippen molar-refractivity contribution in [1.82, 2.24) is 4.90 Å². The molecule has 0 saturated carbocycles. The predicted octanol–water partition coefficient (Wildman–Crippen LogP) is 1.98. The average Bonchev–Trinajstić information content (AvgIpc) is 2.94. The molecule has 0 amide bonds. The quantitative estimate of drug-likeness (QED) is 0.485. The van der Waals surface area contributed by atoms with Gasteiger partial charge >= 0.3 is 0 Å². The summed E-state index contributed by atoms with van der Waals surface area (Å²) in [6.45, 7) is 3.87. The first-order valence-electron chi connectivity index (χ1n) is 6.54.